The van der Waals surface area contributed by atoms with Gasteiger partial charge in [-0.2, -0.15) is 8.42 Å². The van der Waals surface area contributed by atoms with Crippen molar-refractivity contribution in [2.75, 3.05) is 0 Å². The first kappa shape index (κ1) is 8.74. The second-order valence-electron chi connectivity index (χ2n) is 2.99. The Hall–Kier alpha value is -0.350. The zero-order chi connectivity index (χ0) is 8.48. The van der Waals surface area contributed by atoms with Crippen LogP contribution < -0.4 is 0 Å². The highest BCUT2D eigenvalue weighted by Crippen LogP contribution is 2.20. The highest BCUT2D eigenvalue weighted by atomic mass is 32.2. The summed E-state index contributed by atoms with van der Waals surface area (Å²) in [6.45, 7) is 2.02. The zero-order valence-electron chi connectivity index (χ0n) is 6.40. The first-order chi connectivity index (χ1) is 5.00. The lowest BCUT2D eigenvalue weighted by Gasteiger charge is -2.17. The minimum atomic E-state index is -3.84. The topological polar surface area (TPSA) is 54.4 Å². The molecule has 0 saturated heterocycles. The van der Waals surface area contributed by atoms with Gasteiger partial charge in [-0.05, 0) is 18.8 Å². The molecule has 1 aliphatic rings. The fourth-order valence-electron chi connectivity index (χ4n) is 1.18. The molecule has 1 aliphatic carbocycles. The molecule has 64 valence electrons. The molecule has 0 bridgehead atoms. The molecule has 0 saturated carbocycles. The Morgan fingerprint density at radius 3 is 2.36 bits per heavy atom. The molecule has 0 aliphatic heterocycles. The van der Waals surface area contributed by atoms with Gasteiger partial charge in [-0.1, -0.05) is 19.1 Å². The van der Waals surface area contributed by atoms with Crippen LogP contribution in [0.5, 0.6) is 0 Å². The lowest BCUT2D eigenvalue weighted by atomic mass is 9.98. The molecular weight excluding hydrogens is 164 g/mol. The van der Waals surface area contributed by atoms with Gasteiger partial charge in [0.15, 0.2) is 0 Å². The molecule has 4 heteroatoms. The Labute approximate surface area is 66.9 Å². The standard InChI is InChI=1S/C7H12O3S/c1-6-2-4-7(5-3-6)11(8,9)10/h2,4,6-7H,3,5H2,1H3,(H,8,9,10). The van der Waals surface area contributed by atoms with Gasteiger partial charge in [0, 0.05) is 0 Å². The van der Waals surface area contributed by atoms with Crippen LogP contribution in [0, 0.1) is 5.92 Å². The third-order valence-corrected chi connectivity index (χ3v) is 3.10. The summed E-state index contributed by atoms with van der Waals surface area (Å²) >= 11 is 0. The molecule has 1 N–H and O–H groups in total. The van der Waals surface area contributed by atoms with Crippen molar-refractivity contribution in [2.45, 2.75) is 25.0 Å². The van der Waals surface area contributed by atoms with Crippen LogP contribution in [-0.4, -0.2) is 18.2 Å². The molecule has 0 amide bonds. The zero-order valence-corrected chi connectivity index (χ0v) is 7.21. The van der Waals surface area contributed by atoms with E-state index in [4.69, 9.17) is 4.55 Å². The van der Waals surface area contributed by atoms with E-state index in [1.165, 1.54) is 0 Å². The summed E-state index contributed by atoms with van der Waals surface area (Å²) in [6.07, 6.45) is 4.78. The van der Waals surface area contributed by atoms with Gasteiger partial charge >= 0.3 is 0 Å². The molecule has 0 aromatic carbocycles. The first-order valence-electron chi connectivity index (χ1n) is 3.65. The lowest BCUT2D eigenvalue weighted by molar-refractivity contribution is 0.461. The van der Waals surface area contributed by atoms with Crippen LogP contribution in [0.3, 0.4) is 0 Å². The summed E-state index contributed by atoms with van der Waals surface area (Å²) in [5, 5.41) is -0.668. The maximum absolute atomic E-state index is 10.6. The van der Waals surface area contributed by atoms with Crippen molar-refractivity contribution in [1.82, 2.24) is 0 Å². The Morgan fingerprint density at radius 2 is 2.00 bits per heavy atom. The van der Waals surface area contributed by atoms with Gasteiger partial charge in [0.1, 0.15) is 5.25 Å². The Bertz CT molecular complexity index is 253. The van der Waals surface area contributed by atoms with Crippen LogP contribution in [0.15, 0.2) is 12.2 Å². The monoisotopic (exact) mass is 176 g/mol. The van der Waals surface area contributed by atoms with Crippen molar-refractivity contribution in [3.8, 4) is 0 Å². The summed E-state index contributed by atoms with van der Waals surface area (Å²) < 4.78 is 29.8. The second kappa shape index (κ2) is 2.95. The Kier molecular flexibility index (Phi) is 2.34. The van der Waals surface area contributed by atoms with E-state index in [0.717, 1.165) is 6.42 Å². The average Bonchev–Trinajstić information content (AvgIpc) is 1.86. The van der Waals surface area contributed by atoms with Gasteiger partial charge in [0.25, 0.3) is 10.1 Å². The molecule has 0 aromatic rings. The van der Waals surface area contributed by atoms with Crippen molar-refractivity contribution in [2.24, 2.45) is 5.92 Å². The lowest BCUT2D eigenvalue weighted by Crippen LogP contribution is -2.21. The van der Waals surface area contributed by atoms with E-state index in [-0.39, 0.29) is 0 Å². The predicted octanol–water partition coefficient (Wildman–Crippen LogP) is 1.23. The minimum absolute atomic E-state index is 0.438. The third-order valence-electron chi connectivity index (χ3n) is 1.94. The van der Waals surface area contributed by atoms with Crippen LogP contribution in [0.4, 0.5) is 0 Å². The summed E-state index contributed by atoms with van der Waals surface area (Å²) in [6, 6.07) is 0. The quantitative estimate of drug-likeness (QED) is 0.483. The minimum Gasteiger partial charge on any atom is -0.285 e. The van der Waals surface area contributed by atoms with E-state index >= 15 is 0 Å². The van der Waals surface area contributed by atoms with Crippen LogP contribution in [0.1, 0.15) is 19.8 Å². The van der Waals surface area contributed by atoms with Crippen LogP contribution in [0.2, 0.25) is 0 Å². The fraction of sp³-hybridized carbons (Fsp3) is 0.714. The van der Waals surface area contributed by atoms with E-state index in [1.54, 1.807) is 6.08 Å². The molecule has 2 atom stereocenters. The van der Waals surface area contributed by atoms with Gasteiger partial charge in [-0.25, -0.2) is 0 Å². The van der Waals surface area contributed by atoms with Crippen LogP contribution >= 0.6 is 0 Å². The molecule has 3 nitrogen and oxygen atoms in total. The number of hydrogen-bond acceptors (Lipinski definition) is 2. The van der Waals surface area contributed by atoms with Gasteiger partial charge in [-0.3, -0.25) is 4.55 Å². The van der Waals surface area contributed by atoms with E-state index in [1.807, 2.05) is 13.0 Å². The van der Waals surface area contributed by atoms with Crippen molar-refractivity contribution >= 4 is 10.1 Å². The van der Waals surface area contributed by atoms with Gasteiger partial charge in [-0.15, -0.1) is 0 Å². The summed E-state index contributed by atoms with van der Waals surface area (Å²) in [4.78, 5) is 0. The van der Waals surface area contributed by atoms with E-state index < -0.39 is 15.4 Å². The number of rotatable bonds is 1. The third kappa shape index (κ3) is 2.31. The summed E-state index contributed by atoms with van der Waals surface area (Å²) in [7, 11) is -3.84. The van der Waals surface area contributed by atoms with E-state index in [9.17, 15) is 8.42 Å². The van der Waals surface area contributed by atoms with Crippen LogP contribution in [-0.2, 0) is 10.1 Å². The van der Waals surface area contributed by atoms with Crippen molar-refractivity contribution in [1.29, 1.82) is 0 Å². The molecular formula is C7H12O3S. The van der Waals surface area contributed by atoms with Crippen molar-refractivity contribution in [3.63, 3.8) is 0 Å². The maximum atomic E-state index is 10.6. The van der Waals surface area contributed by atoms with E-state index in [0.29, 0.717) is 12.3 Å². The maximum Gasteiger partial charge on any atom is 0.271 e. The second-order valence-corrected chi connectivity index (χ2v) is 4.63. The predicted molar refractivity (Wildman–Crippen MR) is 42.9 cm³/mol. The van der Waals surface area contributed by atoms with Gasteiger partial charge in [0.2, 0.25) is 0 Å². The normalized spacial score (nSPS) is 32.2. The SMILES string of the molecule is CC1C=CC(S(=O)(=O)O)CC1. The molecule has 0 heterocycles. The number of hydrogen-bond donors (Lipinski definition) is 1. The van der Waals surface area contributed by atoms with Gasteiger partial charge in [0.05, 0.1) is 0 Å². The molecule has 11 heavy (non-hydrogen) atoms. The smallest absolute Gasteiger partial charge is 0.271 e. The summed E-state index contributed by atoms with van der Waals surface area (Å²) in [5.74, 6) is 0.438. The molecule has 0 radical (unpaired) electrons. The molecule has 0 aromatic heterocycles. The Morgan fingerprint density at radius 1 is 1.36 bits per heavy atom. The molecule has 1 rings (SSSR count). The molecule has 2 unspecified atom stereocenters. The van der Waals surface area contributed by atoms with Crippen LogP contribution in [0.25, 0.3) is 0 Å². The van der Waals surface area contributed by atoms with Gasteiger partial charge < -0.3 is 0 Å². The highest BCUT2D eigenvalue weighted by molar-refractivity contribution is 7.86. The Balaban J connectivity index is 2.73. The number of allylic oxidation sites excluding steroid dienone is 1. The molecule has 0 fully saturated rings. The van der Waals surface area contributed by atoms with E-state index in [2.05, 4.69) is 0 Å². The van der Waals surface area contributed by atoms with Crippen molar-refractivity contribution < 1.29 is 13.0 Å². The largest absolute Gasteiger partial charge is 0.285 e. The average molecular weight is 176 g/mol. The fourth-order valence-corrected chi connectivity index (χ4v) is 1.90. The van der Waals surface area contributed by atoms with Crippen molar-refractivity contribution in [3.05, 3.63) is 12.2 Å². The first-order valence-corrected chi connectivity index (χ1v) is 5.15. The highest BCUT2D eigenvalue weighted by Gasteiger charge is 2.23. The summed E-state index contributed by atoms with van der Waals surface area (Å²) in [5.41, 5.74) is 0. The molecule has 0 spiro atoms.